The second kappa shape index (κ2) is 9.72. The van der Waals surface area contributed by atoms with Gasteiger partial charge in [-0.15, -0.1) is 0 Å². The Bertz CT molecular complexity index is 940. The molecule has 0 aliphatic heterocycles. The summed E-state index contributed by atoms with van der Waals surface area (Å²) in [5.74, 6) is 0.274. The third-order valence-electron chi connectivity index (χ3n) is 4.65. The van der Waals surface area contributed by atoms with Crippen molar-refractivity contribution in [1.82, 2.24) is 15.2 Å². The van der Waals surface area contributed by atoms with Crippen molar-refractivity contribution in [1.29, 1.82) is 0 Å². The zero-order valence-corrected chi connectivity index (χ0v) is 17.7. The summed E-state index contributed by atoms with van der Waals surface area (Å²) < 4.78 is 5.61. The van der Waals surface area contributed by atoms with Crippen LogP contribution in [0.3, 0.4) is 0 Å². The highest BCUT2D eigenvalue weighted by Gasteiger charge is 2.20. The van der Waals surface area contributed by atoms with E-state index in [1.54, 1.807) is 0 Å². The van der Waals surface area contributed by atoms with Crippen molar-refractivity contribution >= 4 is 17.5 Å². The normalized spacial score (nSPS) is 12.3. The van der Waals surface area contributed by atoms with E-state index in [-0.39, 0.29) is 18.0 Å². The number of benzene rings is 2. The molecule has 0 unspecified atom stereocenters. The first-order valence-electron chi connectivity index (χ1n) is 9.71. The predicted molar refractivity (Wildman–Crippen MR) is 115 cm³/mol. The lowest BCUT2D eigenvalue weighted by Gasteiger charge is -2.28. The molecule has 3 aromatic rings. The number of carbonyl (C=O) groups is 1. The fourth-order valence-electron chi connectivity index (χ4n) is 3.14. The number of amides is 1. The molecule has 1 N–H and O–H groups in total. The Hall–Kier alpha value is -2.63. The van der Waals surface area contributed by atoms with Gasteiger partial charge in [-0.3, -0.25) is 9.69 Å². The summed E-state index contributed by atoms with van der Waals surface area (Å²) in [7, 11) is 0. The van der Waals surface area contributed by atoms with Gasteiger partial charge in [0.15, 0.2) is 5.69 Å². The standard InChI is InChI=1S/C23H26ClN3O2/c1-16(2)25-23(28)21-15-29-22(26-21)14-27(13-18-8-7-11-20(24)12-18)17(3)19-9-5-4-6-10-19/h4-12,15-17H,13-14H2,1-3H3,(H,25,28)/t17-/m1/s1. The molecule has 152 valence electrons. The van der Waals surface area contributed by atoms with Crippen LogP contribution in [0.5, 0.6) is 0 Å². The maximum atomic E-state index is 12.2. The molecule has 1 atom stereocenters. The third kappa shape index (κ3) is 5.92. The molecule has 1 aromatic heterocycles. The second-order valence-electron chi connectivity index (χ2n) is 7.38. The van der Waals surface area contributed by atoms with E-state index >= 15 is 0 Å². The molecule has 0 spiro atoms. The van der Waals surface area contributed by atoms with Crippen LogP contribution in [0, 0.1) is 0 Å². The fourth-order valence-corrected chi connectivity index (χ4v) is 3.35. The average molecular weight is 412 g/mol. The zero-order chi connectivity index (χ0) is 20.8. The van der Waals surface area contributed by atoms with E-state index in [1.807, 2.05) is 56.3 Å². The van der Waals surface area contributed by atoms with E-state index in [9.17, 15) is 4.79 Å². The van der Waals surface area contributed by atoms with Crippen LogP contribution in [0.1, 0.15) is 54.3 Å². The summed E-state index contributed by atoms with van der Waals surface area (Å²) in [6.07, 6.45) is 1.41. The Balaban J connectivity index is 1.81. The fraction of sp³-hybridized carbons (Fsp3) is 0.304. The van der Waals surface area contributed by atoms with Gasteiger partial charge in [0.05, 0.1) is 6.54 Å². The van der Waals surface area contributed by atoms with Gasteiger partial charge in [0.2, 0.25) is 5.89 Å². The lowest BCUT2D eigenvalue weighted by molar-refractivity contribution is 0.0938. The third-order valence-corrected chi connectivity index (χ3v) is 4.88. The second-order valence-corrected chi connectivity index (χ2v) is 7.81. The maximum Gasteiger partial charge on any atom is 0.273 e. The van der Waals surface area contributed by atoms with Crippen LogP contribution < -0.4 is 5.32 Å². The molecule has 0 fully saturated rings. The number of nitrogens with one attached hydrogen (secondary N) is 1. The monoisotopic (exact) mass is 411 g/mol. The molecule has 5 nitrogen and oxygen atoms in total. The van der Waals surface area contributed by atoms with E-state index in [2.05, 4.69) is 34.3 Å². The van der Waals surface area contributed by atoms with Gasteiger partial charge >= 0.3 is 0 Å². The molecule has 2 aromatic carbocycles. The van der Waals surface area contributed by atoms with Crippen molar-refractivity contribution in [3.8, 4) is 0 Å². The molecule has 6 heteroatoms. The molecule has 1 heterocycles. The van der Waals surface area contributed by atoms with Gasteiger partial charge in [0.1, 0.15) is 6.26 Å². The number of aromatic nitrogens is 1. The van der Waals surface area contributed by atoms with Crippen molar-refractivity contribution in [3.63, 3.8) is 0 Å². The number of nitrogens with zero attached hydrogens (tertiary/aromatic N) is 2. The maximum absolute atomic E-state index is 12.2. The quantitative estimate of drug-likeness (QED) is 0.551. The lowest BCUT2D eigenvalue weighted by atomic mass is 10.1. The summed E-state index contributed by atoms with van der Waals surface area (Å²) in [5, 5.41) is 3.54. The van der Waals surface area contributed by atoms with Crippen molar-refractivity contribution in [2.24, 2.45) is 0 Å². The Kier molecular flexibility index (Phi) is 7.07. The Morgan fingerprint density at radius 2 is 1.86 bits per heavy atom. The number of carbonyl (C=O) groups excluding carboxylic acids is 1. The first kappa shape index (κ1) is 21.1. The van der Waals surface area contributed by atoms with Gasteiger partial charge < -0.3 is 9.73 Å². The molecule has 0 saturated carbocycles. The smallest absolute Gasteiger partial charge is 0.273 e. The highest BCUT2D eigenvalue weighted by atomic mass is 35.5. The zero-order valence-electron chi connectivity index (χ0n) is 16.9. The van der Waals surface area contributed by atoms with Crippen LogP contribution in [-0.4, -0.2) is 21.8 Å². The van der Waals surface area contributed by atoms with Crippen LogP contribution in [0.25, 0.3) is 0 Å². The summed E-state index contributed by atoms with van der Waals surface area (Å²) in [4.78, 5) is 18.8. The van der Waals surface area contributed by atoms with Crippen molar-refractivity contribution in [3.05, 3.63) is 88.6 Å². The molecular weight excluding hydrogens is 386 g/mol. The van der Waals surface area contributed by atoms with Crippen molar-refractivity contribution < 1.29 is 9.21 Å². The molecule has 29 heavy (non-hydrogen) atoms. The largest absolute Gasteiger partial charge is 0.447 e. The molecule has 1 amide bonds. The van der Waals surface area contributed by atoms with Gasteiger partial charge in [0.25, 0.3) is 5.91 Å². The molecule has 0 radical (unpaired) electrons. The number of rotatable bonds is 8. The van der Waals surface area contributed by atoms with Gasteiger partial charge in [-0.2, -0.15) is 0 Å². The Labute approximate surface area is 176 Å². The summed E-state index contributed by atoms with van der Waals surface area (Å²) in [6.45, 7) is 7.11. The van der Waals surface area contributed by atoms with E-state index in [0.717, 1.165) is 5.56 Å². The number of hydrogen-bond donors (Lipinski definition) is 1. The van der Waals surface area contributed by atoms with Gasteiger partial charge in [-0.25, -0.2) is 4.98 Å². The van der Waals surface area contributed by atoms with E-state index in [4.69, 9.17) is 16.0 Å². The molecular formula is C23H26ClN3O2. The van der Waals surface area contributed by atoms with Gasteiger partial charge in [0, 0.05) is 23.7 Å². The number of hydrogen-bond acceptors (Lipinski definition) is 4. The number of oxazole rings is 1. The topological polar surface area (TPSA) is 58.4 Å². The molecule has 0 aliphatic carbocycles. The molecule has 0 bridgehead atoms. The van der Waals surface area contributed by atoms with Crippen molar-refractivity contribution in [2.45, 2.75) is 45.9 Å². The van der Waals surface area contributed by atoms with E-state index in [0.29, 0.717) is 29.7 Å². The van der Waals surface area contributed by atoms with Crippen LogP contribution in [0.2, 0.25) is 5.02 Å². The molecule has 0 saturated heterocycles. The lowest BCUT2D eigenvalue weighted by Crippen LogP contribution is -2.30. The van der Waals surface area contributed by atoms with E-state index in [1.165, 1.54) is 11.8 Å². The minimum absolute atomic E-state index is 0.0417. The number of halogens is 1. The van der Waals surface area contributed by atoms with Crippen molar-refractivity contribution in [2.75, 3.05) is 0 Å². The van der Waals surface area contributed by atoms with Gasteiger partial charge in [-0.05, 0) is 44.0 Å². The summed E-state index contributed by atoms with van der Waals surface area (Å²) in [6, 6.07) is 18.3. The molecule has 3 rings (SSSR count). The van der Waals surface area contributed by atoms with Gasteiger partial charge in [-0.1, -0.05) is 54.1 Å². The van der Waals surface area contributed by atoms with Crippen LogP contribution >= 0.6 is 11.6 Å². The van der Waals surface area contributed by atoms with Crippen LogP contribution in [-0.2, 0) is 13.1 Å². The molecule has 0 aliphatic rings. The first-order valence-corrected chi connectivity index (χ1v) is 10.1. The minimum Gasteiger partial charge on any atom is -0.447 e. The average Bonchev–Trinajstić information content (AvgIpc) is 3.16. The summed E-state index contributed by atoms with van der Waals surface area (Å²) in [5.41, 5.74) is 2.59. The van der Waals surface area contributed by atoms with Crippen LogP contribution in [0.4, 0.5) is 0 Å². The highest BCUT2D eigenvalue weighted by molar-refractivity contribution is 6.30. The minimum atomic E-state index is -0.229. The highest BCUT2D eigenvalue weighted by Crippen LogP contribution is 2.25. The SMILES string of the molecule is CC(C)NC(=O)c1coc(CN(Cc2cccc(Cl)c2)[C@H](C)c2ccccc2)n1. The van der Waals surface area contributed by atoms with Crippen LogP contribution in [0.15, 0.2) is 65.3 Å². The Morgan fingerprint density at radius 1 is 1.10 bits per heavy atom. The summed E-state index contributed by atoms with van der Waals surface area (Å²) >= 11 is 6.17. The predicted octanol–water partition coefficient (Wildman–Crippen LogP) is 5.23. The van der Waals surface area contributed by atoms with E-state index < -0.39 is 0 Å². The Morgan fingerprint density at radius 3 is 2.55 bits per heavy atom. The first-order chi connectivity index (χ1) is 13.9.